The molecule has 0 atom stereocenters. The lowest BCUT2D eigenvalue weighted by atomic mass is 10.1. The average molecular weight is 388 g/mol. The summed E-state index contributed by atoms with van der Waals surface area (Å²) in [6.07, 6.45) is 0. The number of rotatable bonds is 4. The lowest BCUT2D eigenvalue weighted by Gasteiger charge is -2.10. The maximum absolute atomic E-state index is 13.6. The Morgan fingerprint density at radius 2 is 1.07 bits per heavy atom. The van der Waals surface area contributed by atoms with Crippen molar-refractivity contribution in [1.82, 2.24) is 4.57 Å². The molecule has 4 rings (SSSR count). The molecule has 28 heavy (non-hydrogen) atoms. The SMILES string of the molecule is Cc1c(S(=O)(=O)c2ccccc2)c(-c2ccccc2)n(C)c1-c1ccccc1. The highest BCUT2D eigenvalue weighted by atomic mass is 32.2. The predicted octanol–water partition coefficient (Wildman–Crippen LogP) is 5.50. The molecule has 4 heteroatoms. The van der Waals surface area contributed by atoms with Crippen LogP contribution in [0, 0.1) is 6.92 Å². The highest BCUT2D eigenvalue weighted by Crippen LogP contribution is 2.41. The minimum Gasteiger partial charge on any atom is -0.342 e. The smallest absolute Gasteiger partial charge is 0.209 e. The lowest BCUT2D eigenvalue weighted by Crippen LogP contribution is -2.05. The minimum absolute atomic E-state index is 0.306. The van der Waals surface area contributed by atoms with Gasteiger partial charge in [0.1, 0.15) is 4.90 Å². The van der Waals surface area contributed by atoms with Crippen molar-refractivity contribution in [3.05, 3.63) is 96.6 Å². The van der Waals surface area contributed by atoms with E-state index >= 15 is 0 Å². The normalized spacial score (nSPS) is 11.5. The summed E-state index contributed by atoms with van der Waals surface area (Å²) in [5.41, 5.74) is 4.25. The summed E-state index contributed by atoms with van der Waals surface area (Å²) < 4.78 is 29.3. The van der Waals surface area contributed by atoms with Crippen LogP contribution in [0.1, 0.15) is 5.56 Å². The Hall–Kier alpha value is -3.11. The van der Waals surface area contributed by atoms with Gasteiger partial charge in [0.05, 0.1) is 16.3 Å². The third-order valence-electron chi connectivity index (χ3n) is 5.00. The Labute approximate surface area is 165 Å². The van der Waals surface area contributed by atoms with Crippen molar-refractivity contribution in [3.8, 4) is 22.5 Å². The first kappa shape index (κ1) is 18.3. The molecule has 0 N–H and O–H groups in total. The standard InChI is InChI=1S/C24H21NO2S/c1-18-22(19-12-6-3-7-13-19)25(2)23(20-14-8-4-9-15-20)24(18)28(26,27)21-16-10-5-11-17-21/h3-17H,1-2H3. The summed E-state index contributed by atoms with van der Waals surface area (Å²) in [6.45, 7) is 1.89. The zero-order valence-corrected chi connectivity index (χ0v) is 16.6. The number of hydrogen-bond donors (Lipinski definition) is 0. The van der Waals surface area contributed by atoms with E-state index in [4.69, 9.17) is 0 Å². The fourth-order valence-electron chi connectivity index (χ4n) is 3.77. The number of nitrogens with zero attached hydrogens (tertiary/aromatic N) is 1. The molecule has 140 valence electrons. The number of aromatic nitrogens is 1. The monoisotopic (exact) mass is 387 g/mol. The number of sulfone groups is 1. The van der Waals surface area contributed by atoms with Gasteiger partial charge in [-0.2, -0.15) is 0 Å². The van der Waals surface area contributed by atoms with Crippen molar-refractivity contribution < 1.29 is 8.42 Å². The molecular formula is C24H21NO2S. The van der Waals surface area contributed by atoms with Gasteiger partial charge >= 0.3 is 0 Å². The summed E-state index contributed by atoms with van der Waals surface area (Å²) in [6, 6.07) is 28.2. The molecule has 3 aromatic carbocycles. The zero-order chi connectivity index (χ0) is 19.7. The van der Waals surface area contributed by atoms with Crippen LogP contribution < -0.4 is 0 Å². The second kappa shape index (κ2) is 7.13. The van der Waals surface area contributed by atoms with Gasteiger partial charge in [0.15, 0.2) is 0 Å². The summed E-state index contributed by atoms with van der Waals surface area (Å²) in [5, 5.41) is 0. The first-order valence-electron chi connectivity index (χ1n) is 9.12. The molecule has 0 bridgehead atoms. The van der Waals surface area contributed by atoms with E-state index in [1.54, 1.807) is 24.3 Å². The highest BCUT2D eigenvalue weighted by Gasteiger charge is 2.30. The molecule has 0 radical (unpaired) electrons. The Morgan fingerprint density at radius 1 is 0.643 bits per heavy atom. The fraction of sp³-hybridized carbons (Fsp3) is 0.0833. The Morgan fingerprint density at radius 3 is 1.57 bits per heavy atom. The van der Waals surface area contributed by atoms with E-state index in [1.165, 1.54) is 0 Å². The van der Waals surface area contributed by atoms with E-state index in [1.807, 2.05) is 85.3 Å². The maximum Gasteiger partial charge on any atom is 0.209 e. The van der Waals surface area contributed by atoms with E-state index in [9.17, 15) is 8.42 Å². The second-order valence-corrected chi connectivity index (χ2v) is 8.65. The fourth-order valence-corrected chi connectivity index (χ4v) is 5.53. The second-order valence-electron chi connectivity index (χ2n) is 6.76. The van der Waals surface area contributed by atoms with Crippen LogP contribution in [0.3, 0.4) is 0 Å². The Kier molecular flexibility index (Phi) is 4.65. The third kappa shape index (κ3) is 2.96. The molecule has 0 aliphatic rings. The van der Waals surface area contributed by atoms with Gasteiger partial charge in [-0.25, -0.2) is 8.42 Å². The maximum atomic E-state index is 13.6. The molecule has 0 aliphatic heterocycles. The van der Waals surface area contributed by atoms with Crippen LogP contribution in [0.4, 0.5) is 0 Å². The molecular weight excluding hydrogens is 366 g/mol. The van der Waals surface area contributed by atoms with Gasteiger partial charge in [0.25, 0.3) is 0 Å². The first-order valence-corrected chi connectivity index (χ1v) is 10.6. The van der Waals surface area contributed by atoms with Crippen molar-refractivity contribution in [2.75, 3.05) is 0 Å². The van der Waals surface area contributed by atoms with Gasteiger partial charge in [0, 0.05) is 7.05 Å². The van der Waals surface area contributed by atoms with Crippen LogP contribution in [0.25, 0.3) is 22.5 Å². The van der Waals surface area contributed by atoms with Gasteiger partial charge in [-0.3, -0.25) is 0 Å². The largest absolute Gasteiger partial charge is 0.342 e. The van der Waals surface area contributed by atoms with E-state index in [0.717, 1.165) is 22.4 Å². The van der Waals surface area contributed by atoms with Crippen molar-refractivity contribution in [2.45, 2.75) is 16.7 Å². The van der Waals surface area contributed by atoms with Gasteiger partial charge in [-0.1, -0.05) is 78.9 Å². The van der Waals surface area contributed by atoms with Crippen LogP contribution in [0.5, 0.6) is 0 Å². The van der Waals surface area contributed by atoms with Crippen LogP contribution in [-0.2, 0) is 16.9 Å². The van der Waals surface area contributed by atoms with Gasteiger partial charge < -0.3 is 4.57 Å². The van der Waals surface area contributed by atoms with Gasteiger partial charge in [-0.15, -0.1) is 0 Å². The third-order valence-corrected chi connectivity index (χ3v) is 6.93. The summed E-state index contributed by atoms with van der Waals surface area (Å²) in [7, 11) is -1.75. The summed E-state index contributed by atoms with van der Waals surface area (Å²) in [4.78, 5) is 0.673. The van der Waals surface area contributed by atoms with Gasteiger partial charge in [0.2, 0.25) is 9.84 Å². The zero-order valence-electron chi connectivity index (χ0n) is 15.8. The molecule has 4 aromatic rings. The molecule has 1 aromatic heterocycles. The molecule has 0 spiro atoms. The number of benzene rings is 3. The molecule has 1 heterocycles. The van der Waals surface area contributed by atoms with Crippen molar-refractivity contribution in [1.29, 1.82) is 0 Å². The molecule has 0 saturated carbocycles. The van der Waals surface area contributed by atoms with Crippen LogP contribution in [0.2, 0.25) is 0 Å². The Balaban J connectivity index is 2.09. The minimum atomic E-state index is -3.68. The molecule has 0 fully saturated rings. The van der Waals surface area contributed by atoms with E-state index < -0.39 is 9.84 Å². The molecule has 0 amide bonds. The van der Waals surface area contributed by atoms with Crippen LogP contribution >= 0.6 is 0 Å². The summed E-state index contributed by atoms with van der Waals surface area (Å²) >= 11 is 0. The topological polar surface area (TPSA) is 39.1 Å². The average Bonchev–Trinajstić information content (AvgIpc) is 3.00. The highest BCUT2D eigenvalue weighted by molar-refractivity contribution is 7.91. The summed E-state index contributed by atoms with van der Waals surface area (Å²) in [5.74, 6) is 0. The van der Waals surface area contributed by atoms with Crippen LogP contribution in [0.15, 0.2) is 101 Å². The van der Waals surface area contributed by atoms with Crippen molar-refractivity contribution >= 4 is 9.84 Å². The molecule has 3 nitrogen and oxygen atoms in total. The van der Waals surface area contributed by atoms with E-state index in [-0.39, 0.29) is 0 Å². The quantitative estimate of drug-likeness (QED) is 0.464. The van der Waals surface area contributed by atoms with Crippen LogP contribution in [-0.4, -0.2) is 13.0 Å². The first-order chi connectivity index (χ1) is 13.5. The van der Waals surface area contributed by atoms with Gasteiger partial charge in [-0.05, 0) is 35.7 Å². The lowest BCUT2D eigenvalue weighted by molar-refractivity contribution is 0.596. The number of hydrogen-bond acceptors (Lipinski definition) is 2. The predicted molar refractivity (Wildman–Crippen MR) is 113 cm³/mol. The molecule has 0 aliphatic carbocycles. The molecule has 0 unspecified atom stereocenters. The van der Waals surface area contributed by atoms with E-state index in [0.29, 0.717) is 15.5 Å². The van der Waals surface area contributed by atoms with Crippen molar-refractivity contribution in [2.24, 2.45) is 7.05 Å². The molecule has 0 saturated heterocycles. The van der Waals surface area contributed by atoms with Crippen molar-refractivity contribution in [3.63, 3.8) is 0 Å². The Bertz CT molecular complexity index is 1210. The van der Waals surface area contributed by atoms with E-state index in [2.05, 4.69) is 0 Å².